The molecule has 1 N–H and O–H groups in total. The van der Waals surface area contributed by atoms with Gasteiger partial charge in [0.05, 0.1) is 37.5 Å². The first-order valence-corrected chi connectivity index (χ1v) is 13.9. The number of nitrogens with one attached hydrogen (secondary N) is 1. The monoisotopic (exact) mass is 603 g/mol. The molecular formula is C35H26FN3O6. The fourth-order valence-electron chi connectivity index (χ4n) is 5.40. The van der Waals surface area contributed by atoms with E-state index >= 15 is 0 Å². The van der Waals surface area contributed by atoms with Crippen molar-refractivity contribution in [1.82, 2.24) is 10.3 Å². The van der Waals surface area contributed by atoms with Crippen LogP contribution in [-0.4, -0.2) is 25.1 Å². The maximum atomic E-state index is 13.8. The third-order valence-electron chi connectivity index (χ3n) is 7.60. The smallest absolute Gasteiger partial charge is 0.344 e. The van der Waals surface area contributed by atoms with E-state index in [9.17, 15) is 19.2 Å². The van der Waals surface area contributed by atoms with Gasteiger partial charge in [-0.25, -0.2) is 9.78 Å². The van der Waals surface area contributed by atoms with Gasteiger partial charge in [0.25, 0.3) is 0 Å². The number of hydrogen-bond acceptors (Lipinski definition) is 8. The van der Waals surface area contributed by atoms with E-state index in [0.717, 1.165) is 5.56 Å². The number of rotatable bonds is 7. The van der Waals surface area contributed by atoms with Crippen LogP contribution in [0.2, 0.25) is 0 Å². The number of aryl methyl sites for hydroxylation is 1. The number of methoxy groups -OCH3 is 2. The van der Waals surface area contributed by atoms with E-state index in [2.05, 4.69) is 16.4 Å². The summed E-state index contributed by atoms with van der Waals surface area (Å²) >= 11 is 0. The van der Waals surface area contributed by atoms with E-state index in [1.165, 1.54) is 20.4 Å². The highest BCUT2D eigenvalue weighted by Crippen LogP contribution is 2.44. The Morgan fingerprint density at radius 2 is 1.78 bits per heavy atom. The SMILES string of the molecule is COc1ccc(CC(=O)NC2=C(C#N)C(c3ccc(-c4cnc(F)c(C)c4)cc3)c3c(c4ccccc4oc3=O)O2)cc1OC. The Hall–Kier alpha value is -5.95. The molecule has 1 unspecified atom stereocenters. The number of carbonyl (C=O) groups is 1. The van der Waals surface area contributed by atoms with E-state index in [0.29, 0.717) is 44.7 Å². The third kappa shape index (κ3) is 5.47. The summed E-state index contributed by atoms with van der Waals surface area (Å²) in [6.45, 7) is 1.63. The predicted octanol–water partition coefficient (Wildman–Crippen LogP) is 5.94. The average Bonchev–Trinajstić information content (AvgIpc) is 3.05. The summed E-state index contributed by atoms with van der Waals surface area (Å²) in [5.74, 6) is -0.817. The first-order chi connectivity index (χ1) is 21.8. The molecule has 1 aliphatic rings. The Morgan fingerprint density at radius 1 is 1.02 bits per heavy atom. The summed E-state index contributed by atoms with van der Waals surface area (Å²) in [4.78, 5) is 30.6. The normalized spacial score (nSPS) is 13.9. The highest BCUT2D eigenvalue weighted by atomic mass is 19.1. The molecule has 224 valence electrons. The van der Waals surface area contributed by atoms with Crippen molar-refractivity contribution >= 4 is 16.9 Å². The molecule has 0 fully saturated rings. The zero-order chi connectivity index (χ0) is 31.7. The lowest BCUT2D eigenvalue weighted by atomic mass is 9.83. The molecule has 5 aromatic rings. The Bertz CT molecular complexity index is 2100. The van der Waals surface area contributed by atoms with Crippen molar-refractivity contribution in [2.24, 2.45) is 0 Å². The minimum absolute atomic E-state index is 0.0257. The van der Waals surface area contributed by atoms with Crippen LogP contribution in [0.1, 0.15) is 28.2 Å². The molecule has 3 aromatic carbocycles. The lowest BCUT2D eigenvalue weighted by Gasteiger charge is -2.28. The quantitative estimate of drug-likeness (QED) is 0.179. The van der Waals surface area contributed by atoms with Crippen LogP contribution in [0.3, 0.4) is 0 Å². The van der Waals surface area contributed by atoms with Crippen molar-refractivity contribution in [3.05, 3.63) is 129 Å². The molecule has 10 heteroatoms. The fourth-order valence-corrected chi connectivity index (χ4v) is 5.40. The van der Waals surface area contributed by atoms with E-state index in [-0.39, 0.29) is 29.2 Å². The van der Waals surface area contributed by atoms with Crippen molar-refractivity contribution in [2.45, 2.75) is 19.3 Å². The lowest BCUT2D eigenvalue weighted by molar-refractivity contribution is -0.120. The van der Waals surface area contributed by atoms with Crippen LogP contribution in [0.25, 0.3) is 22.1 Å². The molecule has 0 spiro atoms. The van der Waals surface area contributed by atoms with Crippen molar-refractivity contribution in [1.29, 1.82) is 5.26 Å². The van der Waals surface area contributed by atoms with Gasteiger partial charge >= 0.3 is 5.63 Å². The van der Waals surface area contributed by atoms with Gasteiger partial charge in [-0.15, -0.1) is 0 Å². The van der Waals surface area contributed by atoms with Gasteiger partial charge in [-0.05, 0) is 53.9 Å². The van der Waals surface area contributed by atoms with Gasteiger partial charge in [0.15, 0.2) is 17.2 Å². The van der Waals surface area contributed by atoms with Crippen LogP contribution < -0.4 is 25.2 Å². The summed E-state index contributed by atoms with van der Waals surface area (Å²) in [7, 11) is 3.03. The van der Waals surface area contributed by atoms with E-state index in [1.807, 2.05) is 0 Å². The highest BCUT2D eigenvalue weighted by Gasteiger charge is 2.37. The summed E-state index contributed by atoms with van der Waals surface area (Å²) in [5.41, 5.74) is 2.89. The van der Waals surface area contributed by atoms with Crippen LogP contribution in [-0.2, 0) is 11.2 Å². The van der Waals surface area contributed by atoms with Crippen LogP contribution in [0, 0.1) is 24.2 Å². The number of carbonyl (C=O) groups excluding carboxylic acids is 1. The van der Waals surface area contributed by atoms with Gasteiger partial charge in [0.1, 0.15) is 17.2 Å². The first-order valence-electron chi connectivity index (χ1n) is 13.9. The molecule has 0 bridgehead atoms. The number of allylic oxidation sites excluding steroid dienone is 1. The maximum Gasteiger partial charge on any atom is 0.344 e. The minimum Gasteiger partial charge on any atom is -0.493 e. The topological polar surface area (TPSA) is 124 Å². The summed E-state index contributed by atoms with van der Waals surface area (Å²) < 4.78 is 36.2. The van der Waals surface area contributed by atoms with Crippen molar-refractivity contribution in [3.63, 3.8) is 0 Å². The third-order valence-corrected chi connectivity index (χ3v) is 7.60. The Morgan fingerprint density at radius 3 is 2.49 bits per heavy atom. The number of amides is 1. The summed E-state index contributed by atoms with van der Waals surface area (Å²) in [6, 6.07) is 23.0. The average molecular weight is 604 g/mol. The summed E-state index contributed by atoms with van der Waals surface area (Å²) in [6.07, 6.45) is 1.38. The molecule has 0 radical (unpaired) electrons. The van der Waals surface area contributed by atoms with Gasteiger partial charge in [-0.3, -0.25) is 10.1 Å². The number of hydrogen-bond donors (Lipinski definition) is 1. The maximum absolute atomic E-state index is 13.8. The molecule has 6 rings (SSSR count). The molecule has 0 saturated heterocycles. The number of nitrogens with zero attached hydrogens (tertiary/aromatic N) is 2. The number of fused-ring (bicyclic) bond motifs is 3. The second kappa shape index (κ2) is 12.0. The Labute approximate surface area is 257 Å². The Balaban J connectivity index is 1.42. The van der Waals surface area contributed by atoms with Crippen LogP contribution in [0.5, 0.6) is 17.2 Å². The van der Waals surface area contributed by atoms with Crippen molar-refractivity contribution in [3.8, 4) is 34.4 Å². The van der Waals surface area contributed by atoms with Crippen LogP contribution in [0.4, 0.5) is 4.39 Å². The first kappa shape index (κ1) is 29.1. The number of pyridine rings is 1. The number of halogens is 1. The molecule has 45 heavy (non-hydrogen) atoms. The molecule has 3 heterocycles. The highest BCUT2D eigenvalue weighted by molar-refractivity contribution is 5.87. The van der Waals surface area contributed by atoms with Crippen LogP contribution >= 0.6 is 0 Å². The number of nitriles is 1. The molecular weight excluding hydrogens is 577 g/mol. The van der Waals surface area contributed by atoms with Gasteiger partial charge in [-0.1, -0.05) is 42.5 Å². The number of aromatic nitrogens is 1. The molecule has 1 atom stereocenters. The van der Waals surface area contributed by atoms with Gasteiger partial charge < -0.3 is 18.6 Å². The van der Waals surface area contributed by atoms with Crippen molar-refractivity contribution in [2.75, 3.05) is 14.2 Å². The molecule has 2 aromatic heterocycles. The van der Waals surface area contributed by atoms with E-state index in [1.54, 1.807) is 79.7 Å². The predicted molar refractivity (Wildman–Crippen MR) is 163 cm³/mol. The largest absolute Gasteiger partial charge is 0.493 e. The molecule has 1 aliphatic heterocycles. The van der Waals surface area contributed by atoms with Crippen LogP contribution in [0.15, 0.2) is 99.7 Å². The molecule has 0 saturated carbocycles. The molecule has 1 amide bonds. The second-order valence-corrected chi connectivity index (χ2v) is 10.4. The van der Waals surface area contributed by atoms with Gasteiger partial charge in [0.2, 0.25) is 17.7 Å². The zero-order valence-electron chi connectivity index (χ0n) is 24.5. The van der Waals surface area contributed by atoms with E-state index < -0.39 is 23.4 Å². The number of para-hydroxylation sites is 1. The second-order valence-electron chi connectivity index (χ2n) is 10.4. The zero-order valence-corrected chi connectivity index (χ0v) is 24.5. The van der Waals surface area contributed by atoms with Gasteiger partial charge in [0, 0.05) is 17.3 Å². The number of ether oxygens (including phenoxy) is 3. The van der Waals surface area contributed by atoms with E-state index in [4.69, 9.17) is 18.6 Å². The standard InChI is InChI=1S/C35H26FN3O6/c1-19-14-23(18-38-33(19)36)21-9-11-22(12-10-21)30-25(17-37)34(39-29(40)16-20-8-13-27(42-2)28(15-20)43-3)45-32-24-6-4-5-7-26(24)44-35(41)31(30)32/h4-15,18,30H,16H2,1-3H3,(H,39,40). The number of benzene rings is 3. The minimum atomic E-state index is -0.918. The fraction of sp³-hybridized carbons (Fsp3) is 0.143. The molecule has 0 aliphatic carbocycles. The summed E-state index contributed by atoms with van der Waals surface area (Å²) in [5, 5.41) is 13.7. The molecule has 9 nitrogen and oxygen atoms in total. The lowest BCUT2D eigenvalue weighted by Crippen LogP contribution is -2.33. The van der Waals surface area contributed by atoms with Crippen molar-refractivity contribution < 1.29 is 27.8 Å². The Kier molecular flexibility index (Phi) is 7.75. The van der Waals surface area contributed by atoms with Gasteiger partial charge in [-0.2, -0.15) is 9.65 Å².